The maximum atomic E-state index is 4.52. The molecule has 1 unspecified atom stereocenters. The Balaban J connectivity index is 2.11. The number of nitrogens with one attached hydrogen (secondary N) is 1. The third-order valence-electron chi connectivity index (χ3n) is 3.02. The molecule has 2 aromatic heterocycles. The Kier molecular flexibility index (Phi) is 5.78. The minimum Gasteiger partial charge on any atom is -0.310 e. The van der Waals surface area contributed by atoms with E-state index in [-0.39, 0.29) is 0 Å². The number of nitrogens with zero attached hydrogens (tertiary/aromatic N) is 1. The van der Waals surface area contributed by atoms with E-state index in [1.165, 1.54) is 14.0 Å². The average Bonchev–Trinajstić information content (AvgIpc) is 2.83. The van der Waals surface area contributed by atoms with Crippen LogP contribution in [-0.4, -0.2) is 11.5 Å². The Morgan fingerprint density at radius 2 is 2.26 bits per heavy atom. The summed E-state index contributed by atoms with van der Waals surface area (Å²) in [4.78, 5) is 4.52. The Bertz CT molecular complexity index is 507. The first kappa shape index (κ1) is 14.9. The SMILES string of the molecule is CCCNC(Cc1ccc(C)cn1)c1csc(I)c1. The molecule has 2 rings (SSSR count). The van der Waals surface area contributed by atoms with Crippen LogP contribution in [0.5, 0.6) is 0 Å². The van der Waals surface area contributed by atoms with Gasteiger partial charge in [0.1, 0.15) is 0 Å². The molecule has 0 fully saturated rings. The van der Waals surface area contributed by atoms with Crippen LogP contribution in [0.1, 0.15) is 36.2 Å². The summed E-state index contributed by atoms with van der Waals surface area (Å²) in [5.41, 5.74) is 3.75. The van der Waals surface area contributed by atoms with Gasteiger partial charge in [0.05, 0.1) is 2.88 Å². The minimum atomic E-state index is 0.370. The Hall–Kier alpha value is -0.460. The smallest absolute Gasteiger partial charge is 0.0656 e. The molecule has 0 aromatic carbocycles. The van der Waals surface area contributed by atoms with Gasteiger partial charge in [-0.3, -0.25) is 4.98 Å². The number of thiophene rings is 1. The Morgan fingerprint density at radius 1 is 1.42 bits per heavy atom. The van der Waals surface area contributed by atoms with Crippen molar-refractivity contribution in [3.63, 3.8) is 0 Å². The van der Waals surface area contributed by atoms with Crippen molar-refractivity contribution in [2.75, 3.05) is 6.54 Å². The quantitative estimate of drug-likeness (QED) is 0.748. The summed E-state index contributed by atoms with van der Waals surface area (Å²) < 4.78 is 1.34. The van der Waals surface area contributed by atoms with E-state index in [0.29, 0.717) is 6.04 Å². The lowest BCUT2D eigenvalue weighted by molar-refractivity contribution is 0.525. The van der Waals surface area contributed by atoms with Gasteiger partial charge in [-0.05, 0) is 71.1 Å². The third-order valence-corrected chi connectivity index (χ3v) is 4.82. The van der Waals surface area contributed by atoms with Crippen LogP contribution in [0.4, 0.5) is 0 Å². The largest absolute Gasteiger partial charge is 0.310 e. The molecule has 0 aliphatic heterocycles. The van der Waals surface area contributed by atoms with Gasteiger partial charge in [-0.25, -0.2) is 0 Å². The van der Waals surface area contributed by atoms with Gasteiger partial charge < -0.3 is 5.32 Å². The van der Waals surface area contributed by atoms with Gasteiger partial charge in [0.25, 0.3) is 0 Å². The van der Waals surface area contributed by atoms with Gasteiger partial charge in [0, 0.05) is 24.4 Å². The first-order valence-electron chi connectivity index (χ1n) is 6.58. The van der Waals surface area contributed by atoms with Crippen LogP contribution in [0, 0.1) is 9.81 Å². The van der Waals surface area contributed by atoms with Crippen molar-refractivity contribution in [3.05, 3.63) is 49.5 Å². The molecule has 0 aliphatic rings. The molecule has 4 heteroatoms. The van der Waals surface area contributed by atoms with Crippen molar-refractivity contribution in [2.45, 2.75) is 32.7 Å². The lowest BCUT2D eigenvalue weighted by Crippen LogP contribution is -2.24. The number of pyridine rings is 1. The first-order valence-corrected chi connectivity index (χ1v) is 8.53. The van der Waals surface area contributed by atoms with Gasteiger partial charge in [0.2, 0.25) is 0 Å². The monoisotopic (exact) mass is 386 g/mol. The average molecular weight is 386 g/mol. The van der Waals surface area contributed by atoms with E-state index in [1.54, 1.807) is 11.3 Å². The topological polar surface area (TPSA) is 24.9 Å². The van der Waals surface area contributed by atoms with Gasteiger partial charge >= 0.3 is 0 Å². The van der Waals surface area contributed by atoms with Crippen molar-refractivity contribution in [1.29, 1.82) is 0 Å². The molecule has 2 aromatic rings. The molecule has 0 spiro atoms. The highest BCUT2D eigenvalue weighted by atomic mass is 127. The molecule has 0 saturated heterocycles. The second kappa shape index (κ2) is 7.36. The Labute approximate surface area is 132 Å². The van der Waals surface area contributed by atoms with Crippen LogP contribution in [0.15, 0.2) is 29.8 Å². The van der Waals surface area contributed by atoms with Crippen molar-refractivity contribution >= 4 is 33.9 Å². The molecule has 0 bridgehead atoms. The molecule has 0 aliphatic carbocycles. The fraction of sp³-hybridized carbons (Fsp3) is 0.400. The van der Waals surface area contributed by atoms with E-state index in [4.69, 9.17) is 0 Å². The zero-order valence-corrected chi connectivity index (χ0v) is 14.3. The number of hydrogen-bond acceptors (Lipinski definition) is 3. The third kappa shape index (κ3) is 4.54. The van der Waals surface area contributed by atoms with Crippen LogP contribution < -0.4 is 5.32 Å². The van der Waals surface area contributed by atoms with Crippen LogP contribution >= 0.6 is 33.9 Å². The summed E-state index contributed by atoms with van der Waals surface area (Å²) in [6.07, 6.45) is 4.05. The molecule has 102 valence electrons. The zero-order chi connectivity index (χ0) is 13.7. The predicted octanol–water partition coefficient (Wildman–Crippen LogP) is 4.34. The molecular formula is C15H19IN2S. The first-order chi connectivity index (χ1) is 9.19. The zero-order valence-electron chi connectivity index (χ0n) is 11.3. The molecule has 19 heavy (non-hydrogen) atoms. The van der Waals surface area contributed by atoms with E-state index in [2.05, 4.69) is 70.3 Å². The second-order valence-electron chi connectivity index (χ2n) is 4.72. The maximum Gasteiger partial charge on any atom is 0.0656 e. The van der Waals surface area contributed by atoms with Crippen molar-refractivity contribution in [3.8, 4) is 0 Å². The minimum absolute atomic E-state index is 0.370. The van der Waals surface area contributed by atoms with Gasteiger partial charge in [-0.2, -0.15) is 0 Å². The number of hydrogen-bond donors (Lipinski definition) is 1. The molecule has 1 N–H and O–H groups in total. The normalized spacial score (nSPS) is 12.6. The van der Waals surface area contributed by atoms with E-state index < -0.39 is 0 Å². The van der Waals surface area contributed by atoms with E-state index in [1.807, 2.05) is 6.20 Å². The van der Waals surface area contributed by atoms with Gasteiger partial charge in [-0.15, -0.1) is 11.3 Å². The predicted molar refractivity (Wildman–Crippen MR) is 90.7 cm³/mol. The second-order valence-corrected chi connectivity index (χ2v) is 7.53. The number of rotatable bonds is 6. The molecule has 0 radical (unpaired) electrons. The van der Waals surface area contributed by atoms with Crippen molar-refractivity contribution in [1.82, 2.24) is 10.3 Å². The van der Waals surface area contributed by atoms with Crippen LogP contribution in [0.3, 0.4) is 0 Å². The molecule has 2 nitrogen and oxygen atoms in total. The number of aromatic nitrogens is 1. The summed E-state index contributed by atoms with van der Waals surface area (Å²) in [6, 6.07) is 6.91. The van der Waals surface area contributed by atoms with E-state index >= 15 is 0 Å². The number of aryl methyl sites for hydroxylation is 1. The molecule has 0 amide bonds. The van der Waals surface area contributed by atoms with E-state index in [0.717, 1.165) is 25.1 Å². The summed E-state index contributed by atoms with van der Waals surface area (Å²) in [6.45, 7) is 5.32. The lowest BCUT2D eigenvalue weighted by atomic mass is 10.0. The van der Waals surface area contributed by atoms with Gasteiger partial charge in [0.15, 0.2) is 0 Å². The molecule has 0 saturated carbocycles. The maximum absolute atomic E-state index is 4.52. The highest BCUT2D eigenvalue weighted by Gasteiger charge is 2.13. The van der Waals surface area contributed by atoms with Crippen molar-refractivity contribution in [2.24, 2.45) is 0 Å². The highest BCUT2D eigenvalue weighted by Crippen LogP contribution is 2.24. The van der Waals surface area contributed by atoms with Gasteiger partial charge in [-0.1, -0.05) is 13.0 Å². The van der Waals surface area contributed by atoms with Crippen molar-refractivity contribution < 1.29 is 0 Å². The standard InChI is InChI=1S/C15H19IN2S/c1-3-6-17-14(12-7-15(16)19-10-12)8-13-5-4-11(2)9-18-13/h4-5,7,9-10,14,17H,3,6,8H2,1-2H3. The van der Waals surface area contributed by atoms with E-state index in [9.17, 15) is 0 Å². The number of halogens is 1. The highest BCUT2D eigenvalue weighted by molar-refractivity contribution is 14.1. The lowest BCUT2D eigenvalue weighted by Gasteiger charge is -2.17. The van der Waals surface area contributed by atoms with Crippen LogP contribution in [0.25, 0.3) is 0 Å². The Morgan fingerprint density at radius 3 is 2.84 bits per heavy atom. The summed E-state index contributed by atoms with van der Waals surface area (Å²) >= 11 is 4.19. The molecular weight excluding hydrogens is 367 g/mol. The summed E-state index contributed by atoms with van der Waals surface area (Å²) in [5.74, 6) is 0. The molecule has 1 atom stereocenters. The van der Waals surface area contributed by atoms with Crippen LogP contribution in [0.2, 0.25) is 0 Å². The summed E-state index contributed by atoms with van der Waals surface area (Å²) in [7, 11) is 0. The molecule has 2 heterocycles. The fourth-order valence-electron chi connectivity index (χ4n) is 1.96. The van der Waals surface area contributed by atoms with Crippen LogP contribution in [-0.2, 0) is 6.42 Å². The fourth-order valence-corrected chi connectivity index (χ4v) is 3.39. The summed E-state index contributed by atoms with van der Waals surface area (Å²) in [5, 5.41) is 5.88.